The molecule has 3 N–H and O–H groups in total. The smallest absolute Gasteiger partial charge is 0.262 e. The fraction of sp³-hybridized carbons (Fsp3) is 0.143. The van der Waals surface area contributed by atoms with Crippen molar-refractivity contribution >= 4 is 17.4 Å². The van der Waals surface area contributed by atoms with Gasteiger partial charge in [0.05, 0.1) is 19.0 Å². The van der Waals surface area contributed by atoms with Crippen LogP contribution in [0.4, 0.5) is 11.5 Å². The van der Waals surface area contributed by atoms with Gasteiger partial charge in [-0.2, -0.15) is 0 Å². The number of carbonyl (C=O) groups excluding carboxylic acids is 1. The first-order valence-corrected chi connectivity index (χ1v) is 5.96. The molecule has 1 aromatic heterocycles. The van der Waals surface area contributed by atoms with Crippen molar-refractivity contribution in [2.45, 2.75) is 0 Å². The number of methoxy groups -OCH3 is 1. The summed E-state index contributed by atoms with van der Waals surface area (Å²) in [5.41, 5.74) is 6.02. The van der Waals surface area contributed by atoms with Crippen LogP contribution in [0.15, 0.2) is 42.6 Å². The predicted molar refractivity (Wildman–Crippen MR) is 75.8 cm³/mol. The van der Waals surface area contributed by atoms with Gasteiger partial charge in [-0.05, 0) is 24.3 Å². The van der Waals surface area contributed by atoms with Gasteiger partial charge < -0.3 is 20.5 Å². The minimum atomic E-state index is -0.289. The molecular weight excluding hydrogens is 258 g/mol. The van der Waals surface area contributed by atoms with E-state index in [1.54, 1.807) is 37.4 Å². The Hall–Kier alpha value is -2.76. The van der Waals surface area contributed by atoms with Crippen LogP contribution in [0.2, 0.25) is 0 Å². The molecule has 0 bridgehead atoms. The topological polar surface area (TPSA) is 86.5 Å². The van der Waals surface area contributed by atoms with E-state index in [1.807, 2.05) is 6.07 Å². The average molecular weight is 273 g/mol. The summed E-state index contributed by atoms with van der Waals surface area (Å²) in [5, 5.41) is 2.65. The molecule has 0 aliphatic heterocycles. The molecule has 0 saturated carbocycles. The minimum Gasteiger partial charge on any atom is -0.493 e. The molecule has 0 aliphatic carbocycles. The molecule has 6 nitrogen and oxygen atoms in total. The molecule has 1 heterocycles. The highest BCUT2D eigenvalue weighted by molar-refractivity contribution is 5.91. The number of pyridine rings is 1. The van der Waals surface area contributed by atoms with Crippen molar-refractivity contribution in [2.75, 3.05) is 24.8 Å². The number of rotatable bonds is 5. The number of carbonyl (C=O) groups is 1. The highest BCUT2D eigenvalue weighted by Crippen LogP contribution is 2.25. The second-order valence-electron chi connectivity index (χ2n) is 3.96. The first kappa shape index (κ1) is 13.7. The lowest BCUT2D eigenvalue weighted by atomic mass is 10.3. The fourth-order valence-electron chi connectivity index (χ4n) is 1.56. The Morgan fingerprint density at radius 2 is 2.00 bits per heavy atom. The van der Waals surface area contributed by atoms with E-state index in [4.69, 9.17) is 15.2 Å². The van der Waals surface area contributed by atoms with E-state index in [9.17, 15) is 4.79 Å². The van der Waals surface area contributed by atoms with Crippen LogP contribution in [0.25, 0.3) is 0 Å². The molecule has 104 valence electrons. The van der Waals surface area contributed by atoms with E-state index in [0.29, 0.717) is 23.0 Å². The largest absolute Gasteiger partial charge is 0.493 e. The molecular formula is C14H15N3O3. The van der Waals surface area contributed by atoms with Gasteiger partial charge in [0.2, 0.25) is 0 Å². The van der Waals surface area contributed by atoms with Crippen LogP contribution in [0.3, 0.4) is 0 Å². The Labute approximate surface area is 116 Å². The molecule has 0 spiro atoms. The third-order valence-electron chi connectivity index (χ3n) is 2.50. The second-order valence-corrected chi connectivity index (χ2v) is 3.96. The molecule has 0 unspecified atom stereocenters. The van der Waals surface area contributed by atoms with Crippen molar-refractivity contribution in [1.82, 2.24) is 4.98 Å². The van der Waals surface area contributed by atoms with Gasteiger partial charge in [0.25, 0.3) is 5.91 Å². The average Bonchev–Trinajstić information content (AvgIpc) is 2.48. The highest BCUT2D eigenvalue weighted by atomic mass is 16.5. The number of hydrogen-bond acceptors (Lipinski definition) is 5. The Balaban J connectivity index is 1.90. The third-order valence-corrected chi connectivity index (χ3v) is 2.50. The molecule has 20 heavy (non-hydrogen) atoms. The summed E-state index contributed by atoms with van der Waals surface area (Å²) in [7, 11) is 1.54. The lowest BCUT2D eigenvalue weighted by Gasteiger charge is -2.10. The lowest BCUT2D eigenvalue weighted by molar-refractivity contribution is -0.118. The Morgan fingerprint density at radius 3 is 2.65 bits per heavy atom. The Kier molecular flexibility index (Phi) is 4.39. The quantitative estimate of drug-likeness (QED) is 0.865. The number of nitrogens with one attached hydrogen (secondary N) is 1. The number of nitrogens with two attached hydrogens (primary N) is 1. The van der Waals surface area contributed by atoms with E-state index in [-0.39, 0.29) is 12.5 Å². The number of para-hydroxylation sites is 2. The number of anilines is 2. The summed E-state index contributed by atoms with van der Waals surface area (Å²) < 4.78 is 10.5. The maximum atomic E-state index is 11.7. The zero-order valence-corrected chi connectivity index (χ0v) is 11.0. The van der Waals surface area contributed by atoms with Crippen molar-refractivity contribution in [1.29, 1.82) is 0 Å². The van der Waals surface area contributed by atoms with Gasteiger partial charge in [-0.25, -0.2) is 4.98 Å². The van der Waals surface area contributed by atoms with Gasteiger partial charge in [-0.15, -0.1) is 0 Å². The summed E-state index contributed by atoms with van der Waals surface area (Å²) >= 11 is 0. The van der Waals surface area contributed by atoms with Crippen molar-refractivity contribution < 1.29 is 14.3 Å². The molecule has 0 saturated heterocycles. The summed E-state index contributed by atoms with van der Waals surface area (Å²) in [5.74, 6) is 1.20. The third kappa shape index (κ3) is 3.61. The van der Waals surface area contributed by atoms with E-state index < -0.39 is 0 Å². The molecule has 0 aliphatic rings. The van der Waals surface area contributed by atoms with Crippen molar-refractivity contribution in [3.63, 3.8) is 0 Å². The van der Waals surface area contributed by atoms with Gasteiger partial charge >= 0.3 is 0 Å². The monoisotopic (exact) mass is 273 g/mol. The maximum absolute atomic E-state index is 11.7. The lowest BCUT2D eigenvalue weighted by Crippen LogP contribution is -2.20. The van der Waals surface area contributed by atoms with Gasteiger partial charge in [-0.1, -0.05) is 12.1 Å². The van der Waals surface area contributed by atoms with E-state index >= 15 is 0 Å². The SMILES string of the molecule is COc1ccccc1OCC(=O)Nc1ccc(N)nc1. The van der Waals surface area contributed by atoms with E-state index in [1.165, 1.54) is 6.20 Å². The van der Waals surface area contributed by atoms with Crippen LogP contribution < -0.4 is 20.5 Å². The van der Waals surface area contributed by atoms with Gasteiger partial charge in [0.1, 0.15) is 5.82 Å². The fourth-order valence-corrected chi connectivity index (χ4v) is 1.56. The van der Waals surface area contributed by atoms with Crippen LogP contribution in [0.1, 0.15) is 0 Å². The number of hydrogen-bond donors (Lipinski definition) is 2. The summed E-state index contributed by atoms with van der Waals surface area (Å²) in [6.07, 6.45) is 1.48. The highest BCUT2D eigenvalue weighted by Gasteiger charge is 2.07. The first-order valence-electron chi connectivity index (χ1n) is 5.96. The van der Waals surface area contributed by atoms with Crippen molar-refractivity contribution in [3.8, 4) is 11.5 Å². The van der Waals surface area contributed by atoms with Crippen LogP contribution >= 0.6 is 0 Å². The maximum Gasteiger partial charge on any atom is 0.262 e. The second kappa shape index (κ2) is 6.42. The molecule has 2 aromatic rings. The zero-order chi connectivity index (χ0) is 14.4. The molecule has 0 atom stereocenters. The van der Waals surface area contributed by atoms with Gasteiger partial charge in [0, 0.05) is 0 Å². The molecule has 6 heteroatoms. The van der Waals surface area contributed by atoms with Crippen LogP contribution in [-0.4, -0.2) is 24.6 Å². The van der Waals surface area contributed by atoms with Gasteiger partial charge in [-0.3, -0.25) is 4.79 Å². The molecule has 1 aromatic carbocycles. The zero-order valence-electron chi connectivity index (χ0n) is 11.0. The number of nitrogens with zero attached hydrogens (tertiary/aromatic N) is 1. The normalized spacial score (nSPS) is 9.85. The molecule has 0 fully saturated rings. The summed E-state index contributed by atoms with van der Waals surface area (Å²) in [6.45, 7) is -0.120. The van der Waals surface area contributed by atoms with Crippen molar-refractivity contribution in [3.05, 3.63) is 42.6 Å². The Bertz CT molecular complexity index is 584. The van der Waals surface area contributed by atoms with Gasteiger partial charge in [0.15, 0.2) is 18.1 Å². The van der Waals surface area contributed by atoms with E-state index in [0.717, 1.165) is 0 Å². The molecule has 0 radical (unpaired) electrons. The van der Waals surface area contributed by atoms with Crippen molar-refractivity contribution in [2.24, 2.45) is 0 Å². The summed E-state index contributed by atoms with van der Waals surface area (Å²) in [4.78, 5) is 15.6. The van der Waals surface area contributed by atoms with Crippen LogP contribution in [-0.2, 0) is 4.79 Å². The number of nitrogen functional groups attached to an aromatic ring is 1. The number of amides is 1. The standard InChI is InChI=1S/C14H15N3O3/c1-19-11-4-2-3-5-12(11)20-9-14(18)17-10-6-7-13(15)16-8-10/h2-8H,9H2,1H3,(H2,15,16)(H,17,18). The first-order chi connectivity index (χ1) is 9.69. The number of aromatic nitrogens is 1. The van der Waals surface area contributed by atoms with Crippen LogP contribution in [0, 0.1) is 0 Å². The Morgan fingerprint density at radius 1 is 1.25 bits per heavy atom. The predicted octanol–water partition coefficient (Wildman–Crippen LogP) is 1.69. The summed E-state index contributed by atoms with van der Waals surface area (Å²) in [6, 6.07) is 10.4. The van der Waals surface area contributed by atoms with E-state index in [2.05, 4.69) is 10.3 Å². The molecule has 2 rings (SSSR count). The number of ether oxygens (including phenoxy) is 2. The number of benzene rings is 1. The van der Waals surface area contributed by atoms with Crippen LogP contribution in [0.5, 0.6) is 11.5 Å². The minimum absolute atomic E-state index is 0.120. The molecule has 1 amide bonds.